The van der Waals surface area contributed by atoms with Crippen LogP contribution in [0.3, 0.4) is 0 Å². The number of ether oxygens (including phenoxy) is 2. The molecule has 0 saturated carbocycles. The summed E-state index contributed by atoms with van der Waals surface area (Å²) in [6.45, 7) is 4.83. The van der Waals surface area contributed by atoms with Gasteiger partial charge in [-0.2, -0.15) is 0 Å². The molecule has 3 rings (SSSR count). The van der Waals surface area contributed by atoms with Crippen LogP contribution in [0.15, 0.2) is 41.0 Å². The lowest BCUT2D eigenvalue weighted by atomic mass is 10.1. The highest BCUT2D eigenvalue weighted by atomic mass is 16.5. The minimum atomic E-state index is 0.0379. The quantitative estimate of drug-likeness (QED) is 0.719. The van der Waals surface area contributed by atoms with E-state index in [1.165, 1.54) is 6.26 Å². The number of nitrogens with zero attached hydrogens (tertiary/aromatic N) is 2. The van der Waals surface area contributed by atoms with Gasteiger partial charge in [-0.1, -0.05) is 0 Å². The Labute approximate surface area is 147 Å². The topological polar surface area (TPSA) is 55.2 Å². The highest BCUT2D eigenvalue weighted by Crippen LogP contribution is 2.23. The lowest BCUT2D eigenvalue weighted by Crippen LogP contribution is -2.47. The van der Waals surface area contributed by atoms with Crippen molar-refractivity contribution in [2.24, 2.45) is 0 Å². The fourth-order valence-electron chi connectivity index (χ4n) is 3.04. The molecule has 1 aromatic heterocycles. The zero-order valence-electron chi connectivity index (χ0n) is 14.7. The van der Waals surface area contributed by atoms with Crippen molar-refractivity contribution in [2.45, 2.75) is 6.54 Å². The minimum Gasteiger partial charge on any atom is -0.497 e. The van der Waals surface area contributed by atoms with Gasteiger partial charge in [0.15, 0.2) is 5.76 Å². The molecule has 2 heterocycles. The number of Topliss-reactive ketones (excluding diaryl/α,β-unsaturated/α-hetero) is 1. The van der Waals surface area contributed by atoms with Gasteiger partial charge in [-0.25, -0.2) is 0 Å². The number of carbonyl (C=O) groups excluding carboxylic acids is 1. The fourth-order valence-corrected chi connectivity index (χ4v) is 3.04. The molecule has 1 saturated heterocycles. The normalized spacial score (nSPS) is 15.9. The Hall–Kier alpha value is -2.31. The third-order valence-electron chi connectivity index (χ3n) is 4.45. The van der Waals surface area contributed by atoms with Gasteiger partial charge < -0.3 is 13.9 Å². The molecule has 0 N–H and O–H groups in total. The van der Waals surface area contributed by atoms with Crippen molar-refractivity contribution in [3.8, 4) is 11.5 Å². The number of carbonyl (C=O) groups is 1. The van der Waals surface area contributed by atoms with Gasteiger partial charge in [-0.05, 0) is 29.8 Å². The van der Waals surface area contributed by atoms with Gasteiger partial charge in [0, 0.05) is 38.8 Å². The van der Waals surface area contributed by atoms with Gasteiger partial charge >= 0.3 is 0 Å². The highest BCUT2D eigenvalue weighted by Gasteiger charge is 2.21. The molecule has 0 aliphatic carbocycles. The summed E-state index contributed by atoms with van der Waals surface area (Å²) in [4.78, 5) is 16.7. The van der Waals surface area contributed by atoms with Gasteiger partial charge in [0.1, 0.15) is 11.5 Å². The van der Waals surface area contributed by atoms with Crippen LogP contribution in [0.4, 0.5) is 0 Å². The summed E-state index contributed by atoms with van der Waals surface area (Å²) in [5.41, 5.74) is 1.16. The Morgan fingerprint density at radius 1 is 1.04 bits per heavy atom. The van der Waals surface area contributed by atoms with Crippen LogP contribution in [0.5, 0.6) is 11.5 Å². The molecule has 25 heavy (non-hydrogen) atoms. The zero-order valence-corrected chi connectivity index (χ0v) is 14.7. The first-order chi connectivity index (χ1) is 12.2. The standard InChI is InChI=1S/C19H24N2O4/c1-23-16-10-15(11-17(12-16)24-2)13-20-5-7-21(8-6-20)14-18(22)19-4-3-9-25-19/h3-4,9-12H,5-8,13-14H2,1-2H3. The monoisotopic (exact) mass is 344 g/mol. The Morgan fingerprint density at radius 3 is 2.24 bits per heavy atom. The predicted molar refractivity (Wildman–Crippen MR) is 94.3 cm³/mol. The van der Waals surface area contributed by atoms with E-state index in [0.29, 0.717) is 12.3 Å². The van der Waals surface area contributed by atoms with Crippen molar-refractivity contribution in [3.05, 3.63) is 47.9 Å². The molecule has 0 spiro atoms. The number of hydrogen-bond acceptors (Lipinski definition) is 6. The molecular formula is C19H24N2O4. The van der Waals surface area contributed by atoms with Crippen LogP contribution in [0.25, 0.3) is 0 Å². The van der Waals surface area contributed by atoms with Crippen LogP contribution in [0.2, 0.25) is 0 Å². The summed E-state index contributed by atoms with van der Waals surface area (Å²) >= 11 is 0. The van der Waals surface area contributed by atoms with Crippen molar-refractivity contribution in [2.75, 3.05) is 46.9 Å². The van der Waals surface area contributed by atoms with E-state index in [-0.39, 0.29) is 5.78 Å². The molecule has 134 valence electrons. The number of ketones is 1. The van der Waals surface area contributed by atoms with Gasteiger partial charge in [-0.15, -0.1) is 0 Å². The molecule has 6 heteroatoms. The maximum Gasteiger partial charge on any atom is 0.211 e. The van der Waals surface area contributed by atoms with E-state index < -0.39 is 0 Å². The third kappa shape index (κ3) is 4.61. The number of benzene rings is 1. The number of furan rings is 1. The van der Waals surface area contributed by atoms with Crippen LogP contribution in [-0.4, -0.2) is 62.5 Å². The molecule has 0 amide bonds. The van der Waals surface area contributed by atoms with E-state index in [9.17, 15) is 4.79 Å². The maximum absolute atomic E-state index is 12.1. The molecule has 1 aromatic carbocycles. The largest absolute Gasteiger partial charge is 0.497 e. The Morgan fingerprint density at radius 2 is 1.68 bits per heavy atom. The second-order valence-corrected chi connectivity index (χ2v) is 6.17. The molecule has 0 unspecified atom stereocenters. The van der Waals surface area contributed by atoms with E-state index in [1.54, 1.807) is 26.4 Å². The molecular weight excluding hydrogens is 320 g/mol. The summed E-state index contributed by atoms with van der Waals surface area (Å²) < 4.78 is 15.8. The molecule has 0 bridgehead atoms. The Kier molecular flexibility index (Phi) is 5.73. The number of methoxy groups -OCH3 is 2. The molecule has 2 aromatic rings. The van der Waals surface area contributed by atoms with Crippen molar-refractivity contribution >= 4 is 5.78 Å². The van der Waals surface area contributed by atoms with Gasteiger partial charge in [0.25, 0.3) is 0 Å². The third-order valence-corrected chi connectivity index (χ3v) is 4.45. The molecule has 1 aliphatic rings. The maximum atomic E-state index is 12.1. The molecule has 0 atom stereocenters. The van der Waals surface area contributed by atoms with E-state index >= 15 is 0 Å². The Balaban J connectivity index is 1.52. The summed E-state index contributed by atoms with van der Waals surface area (Å²) in [5, 5.41) is 0. The first-order valence-electron chi connectivity index (χ1n) is 8.41. The van der Waals surface area contributed by atoms with Crippen molar-refractivity contribution < 1.29 is 18.7 Å². The predicted octanol–water partition coefficient (Wildman–Crippen LogP) is 2.30. The number of hydrogen-bond donors (Lipinski definition) is 0. The van der Waals surface area contributed by atoms with E-state index in [1.807, 2.05) is 18.2 Å². The summed E-state index contributed by atoms with van der Waals surface area (Å²) in [6, 6.07) is 9.41. The molecule has 1 aliphatic heterocycles. The van der Waals surface area contributed by atoms with Crippen molar-refractivity contribution in [1.29, 1.82) is 0 Å². The molecule has 1 fully saturated rings. The second-order valence-electron chi connectivity index (χ2n) is 6.17. The van der Waals surface area contributed by atoms with Crippen LogP contribution in [0.1, 0.15) is 16.1 Å². The lowest BCUT2D eigenvalue weighted by Gasteiger charge is -2.34. The van der Waals surface area contributed by atoms with Gasteiger partial charge in [0.2, 0.25) is 5.78 Å². The molecule has 6 nitrogen and oxygen atoms in total. The average Bonchev–Trinajstić information content (AvgIpc) is 3.18. The average molecular weight is 344 g/mol. The van der Waals surface area contributed by atoms with Crippen LogP contribution < -0.4 is 9.47 Å². The highest BCUT2D eigenvalue weighted by molar-refractivity contribution is 5.94. The molecule has 0 radical (unpaired) electrons. The van der Waals surface area contributed by atoms with Crippen LogP contribution in [-0.2, 0) is 6.54 Å². The minimum absolute atomic E-state index is 0.0379. The lowest BCUT2D eigenvalue weighted by molar-refractivity contribution is 0.0819. The first-order valence-corrected chi connectivity index (χ1v) is 8.41. The van der Waals surface area contributed by atoms with Crippen LogP contribution >= 0.6 is 0 Å². The van der Waals surface area contributed by atoms with E-state index in [4.69, 9.17) is 13.9 Å². The van der Waals surface area contributed by atoms with Gasteiger partial charge in [0.05, 0.1) is 27.0 Å². The summed E-state index contributed by atoms with van der Waals surface area (Å²) in [7, 11) is 3.32. The summed E-state index contributed by atoms with van der Waals surface area (Å²) in [5.74, 6) is 2.08. The van der Waals surface area contributed by atoms with Crippen LogP contribution in [0, 0.1) is 0 Å². The van der Waals surface area contributed by atoms with Crippen molar-refractivity contribution in [3.63, 3.8) is 0 Å². The number of rotatable bonds is 7. The Bertz CT molecular complexity index is 669. The van der Waals surface area contributed by atoms with Gasteiger partial charge in [-0.3, -0.25) is 14.6 Å². The smallest absolute Gasteiger partial charge is 0.211 e. The summed E-state index contributed by atoms with van der Waals surface area (Å²) in [6.07, 6.45) is 1.54. The van der Waals surface area contributed by atoms with E-state index in [0.717, 1.165) is 49.8 Å². The SMILES string of the molecule is COc1cc(CN2CCN(CC(=O)c3ccco3)CC2)cc(OC)c1. The first kappa shape index (κ1) is 17.5. The second kappa shape index (κ2) is 8.18. The van der Waals surface area contributed by atoms with E-state index in [2.05, 4.69) is 9.80 Å². The van der Waals surface area contributed by atoms with Crippen molar-refractivity contribution in [1.82, 2.24) is 9.80 Å². The number of piperazine rings is 1. The zero-order chi connectivity index (χ0) is 17.6. The fraction of sp³-hybridized carbons (Fsp3) is 0.421.